The minimum atomic E-state index is -3.93. The monoisotopic (exact) mass is 465 g/mol. The summed E-state index contributed by atoms with van der Waals surface area (Å²) in [7, 11) is -2.41. The topological polar surface area (TPSA) is 105 Å². The summed E-state index contributed by atoms with van der Waals surface area (Å²) in [5.41, 5.74) is 0.625. The Morgan fingerprint density at radius 2 is 1.97 bits per heavy atom. The average molecular weight is 466 g/mol. The molecule has 0 bridgehead atoms. The van der Waals surface area contributed by atoms with Gasteiger partial charge in [0.1, 0.15) is 17.2 Å². The van der Waals surface area contributed by atoms with Gasteiger partial charge in [0.05, 0.1) is 12.1 Å². The predicted molar refractivity (Wildman–Crippen MR) is 120 cm³/mol. The molecule has 31 heavy (non-hydrogen) atoms. The summed E-state index contributed by atoms with van der Waals surface area (Å²) < 4.78 is 32.3. The third-order valence-corrected chi connectivity index (χ3v) is 6.15. The molecule has 8 nitrogen and oxygen atoms in total. The number of halogens is 1. The predicted octanol–water partition coefficient (Wildman–Crippen LogP) is 2.91. The minimum Gasteiger partial charge on any atom is -0.497 e. The van der Waals surface area contributed by atoms with Crippen molar-refractivity contribution in [3.8, 4) is 5.75 Å². The summed E-state index contributed by atoms with van der Waals surface area (Å²) in [5, 5.41) is 2.69. The van der Waals surface area contributed by atoms with Crippen LogP contribution in [0.25, 0.3) is 0 Å². The number of methoxy groups -OCH3 is 1. The summed E-state index contributed by atoms with van der Waals surface area (Å²) in [6.45, 7) is 5.22. The Bertz CT molecular complexity index is 1070. The molecular weight excluding hydrogens is 442 g/mol. The van der Waals surface area contributed by atoms with Crippen LogP contribution in [0.3, 0.4) is 0 Å². The highest BCUT2D eigenvalue weighted by Crippen LogP contribution is 2.23. The van der Waals surface area contributed by atoms with Crippen LogP contribution in [0.15, 0.2) is 60.0 Å². The van der Waals surface area contributed by atoms with E-state index in [1.165, 1.54) is 36.3 Å². The summed E-state index contributed by atoms with van der Waals surface area (Å²) >= 11 is 6.03. The van der Waals surface area contributed by atoms with Gasteiger partial charge in [0, 0.05) is 30.4 Å². The van der Waals surface area contributed by atoms with Crippen LogP contribution >= 0.6 is 11.6 Å². The second-order valence-electron chi connectivity index (χ2n) is 6.39. The summed E-state index contributed by atoms with van der Waals surface area (Å²) in [6.07, 6.45) is 1.39. The van der Waals surface area contributed by atoms with E-state index in [2.05, 4.69) is 16.6 Å². The molecule has 0 aliphatic heterocycles. The summed E-state index contributed by atoms with van der Waals surface area (Å²) in [4.78, 5) is 26.4. The number of carbonyl (C=O) groups excluding carboxylic acids is 2. The largest absolute Gasteiger partial charge is 0.497 e. The van der Waals surface area contributed by atoms with Crippen molar-refractivity contribution in [3.63, 3.8) is 0 Å². The third kappa shape index (κ3) is 6.55. The number of anilines is 1. The normalized spacial score (nSPS) is 10.9. The first-order chi connectivity index (χ1) is 14.7. The van der Waals surface area contributed by atoms with Crippen LogP contribution in [0.4, 0.5) is 5.69 Å². The van der Waals surface area contributed by atoms with Crippen LogP contribution in [0, 0.1) is 0 Å². The lowest BCUT2D eigenvalue weighted by Gasteiger charge is -2.21. The molecule has 0 aromatic heterocycles. The molecule has 2 amide bonds. The van der Waals surface area contributed by atoms with E-state index in [1.807, 2.05) is 0 Å². The average Bonchev–Trinajstić information content (AvgIpc) is 2.76. The van der Waals surface area contributed by atoms with Crippen LogP contribution in [-0.4, -0.2) is 51.9 Å². The van der Waals surface area contributed by atoms with Crippen molar-refractivity contribution in [1.29, 1.82) is 0 Å². The number of hydrogen-bond acceptors (Lipinski definition) is 5. The van der Waals surface area contributed by atoms with Crippen molar-refractivity contribution in [2.45, 2.75) is 11.8 Å². The maximum atomic E-state index is 12.9. The van der Waals surface area contributed by atoms with Crippen molar-refractivity contribution in [2.24, 2.45) is 0 Å². The molecule has 0 aliphatic carbocycles. The maximum absolute atomic E-state index is 12.9. The van der Waals surface area contributed by atoms with Crippen molar-refractivity contribution in [2.75, 3.05) is 32.1 Å². The van der Waals surface area contributed by atoms with Crippen molar-refractivity contribution in [3.05, 3.63) is 65.7 Å². The first-order valence-corrected chi connectivity index (χ1v) is 11.2. The smallest absolute Gasteiger partial charge is 0.254 e. The minimum absolute atomic E-state index is 0.0162. The lowest BCUT2D eigenvalue weighted by molar-refractivity contribution is -0.116. The molecule has 0 radical (unpaired) electrons. The van der Waals surface area contributed by atoms with Gasteiger partial charge >= 0.3 is 0 Å². The Hall–Kier alpha value is -2.88. The fourth-order valence-corrected chi connectivity index (χ4v) is 4.20. The molecule has 0 atom stereocenters. The van der Waals surface area contributed by atoms with Crippen LogP contribution < -0.4 is 14.8 Å². The number of nitrogens with one attached hydrogen (secondary N) is 2. The van der Waals surface area contributed by atoms with Crippen LogP contribution in [0.5, 0.6) is 5.75 Å². The number of amides is 2. The number of ether oxygens (including phenoxy) is 1. The fraction of sp³-hybridized carbons (Fsp3) is 0.238. The lowest BCUT2D eigenvalue weighted by atomic mass is 10.2. The van der Waals surface area contributed by atoms with E-state index in [9.17, 15) is 18.0 Å². The standard InChI is InChI=1S/C21H24ClN3O5S/c1-4-11-23-31(28,29)19-12-15(9-10-18(19)22)21(27)25(5-2)14-20(26)24-16-7-6-8-17(13-16)30-3/h4,6-10,12-13,23H,1,5,11,14H2,2-3H3,(H,24,26). The van der Waals surface area contributed by atoms with Crippen LogP contribution in [-0.2, 0) is 14.8 Å². The lowest BCUT2D eigenvalue weighted by Crippen LogP contribution is -2.38. The van der Waals surface area contributed by atoms with E-state index in [0.717, 1.165) is 0 Å². The quantitative estimate of drug-likeness (QED) is 0.525. The van der Waals surface area contributed by atoms with Gasteiger partial charge in [-0.3, -0.25) is 9.59 Å². The van der Waals surface area contributed by atoms with E-state index >= 15 is 0 Å². The molecule has 0 aliphatic rings. The highest BCUT2D eigenvalue weighted by atomic mass is 35.5. The molecule has 0 saturated carbocycles. The molecule has 166 valence electrons. The number of sulfonamides is 1. The van der Waals surface area contributed by atoms with Gasteiger partial charge in [-0.25, -0.2) is 13.1 Å². The number of rotatable bonds is 10. The zero-order valence-corrected chi connectivity index (χ0v) is 18.8. The van der Waals surface area contributed by atoms with Gasteiger partial charge in [-0.2, -0.15) is 0 Å². The van der Waals surface area contributed by atoms with Gasteiger partial charge < -0.3 is 15.0 Å². The van der Waals surface area contributed by atoms with Crippen molar-refractivity contribution in [1.82, 2.24) is 9.62 Å². The number of likely N-dealkylation sites (N-methyl/N-ethyl adjacent to an activating group) is 1. The molecule has 2 N–H and O–H groups in total. The van der Waals surface area contributed by atoms with E-state index in [-0.39, 0.29) is 35.1 Å². The Morgan fingerprint density at radius 1 is 1.23 bits per heavy atom. The van der Waals surface area contributed by atoms with E-state index in [4.69, 9.17) is 16.3 Å². The van der Waals surface area contributed by atoms with Crippen LogP contribution in [0.1, 0.15) is 17.3 Å². The Labute approximate surface area is 186 Å². The third-order valence-electron chi connectivity index (χ3n) is 4.24. The van der Waals surface area contributed by atoms with E-state index in [1.54, 1.807) is 31.2 Å². The molecule has 2 aromatic rings. The Balaban J connectivity index is 2.18. The van der Waals surface area contributed by atoms with Crippen molar-refractivity contribution < 1.29 is 22.7 Å². The molecule has 0 saturated heterocycles. The molecule has 0 fully saturated rings. The van der Waals surface area contributed by atoms with Gasteiger partial charge in [0.25, 0.3) is 5.91 Å². The molecule has 2 rings (SSSR count). The van der Waals surface area contributed by atoms with Crippen molar-refractivity contribution >= 4 is 39.1 Å². The first kappa shape index (κ1) is 24.4. The Kier molecular flexibility index (Phi) is 8.61. The summed E-state index contributed by atoms with van der Waals surface area (Å²) in [6, 6.07) is 10.8. The zero-order valence-electron chi connectivity index (χ0n) is 17.2. The van der Waals surface area contributed by atoms with Gasteiger partial charge in [-0.1, -0.05) is 23.7 Å². The number of hydrogen-bond donors (Lipinski definition) is 2. The summed E-state index contributed by atoms with van der Waals surface area (Å²) in [5.74, 6) is -0.320. The zero-order chi connectivity index (χ0) is 23.0. The van der Waals surface area contributed by atoms with Gasteiger partial charge in [-0.15, -0.1) is 6.58 Å². The van der Waals surface area contributed by atoms with Gasteiger partial charge in [-0.05, 0) is 37.3 Å². The van der Waals surface area contributed by atoms with Gasteiger partial charge in [0.15, 0.2) is 0 Å². The SMILES string of the molecule is C=CCNS(=O)(=O)c1cc(C(=O)N(CC)CC(=O)Nc2cccc(OC)c2)ccc1Cl. The molecule has 0 spiro atoms. The Morgan fingerprint density at radius 3 is 2.61 bits per heavy atom. The molecule has 10 heteroatoms. The molecular formula is C21H24ClN3O5S. The number of benzene rings is 2. The number of carbonyl (C=O) groups is 2. The highest BCUT2D eigenvalue weighted by molar-refractivity contribution is 7.89. The van der Waals surface area contributed by atoms with E-state index < -0.39 is 21.8 Å². The molecule has 2 aromatic carbocycles. The van der Waals surface area contributed by atoms with Crippen LogP contribution in [0.2, 0.25) is 5.02 Å². The second-order valence-corrected chi connectivity index (χ2v) is 8.53. The van der Waals surface area contributed by atoms with E-state index in [0.29, 0.717) is 11.4 Å². The maximum Gasteiger partial charge on any atom is 0.254 e. The van der Waals surface area contributed by atoms with Gasteiger partial charge in [0.2, 0.25) is 15.9 Å². The molecule has 0 heterocycles. The molecule has 0 unspecified atom stereocenters. The second kappa shape index (κ2) is 10.9. The fourth-order valence-electron chi connectivity index (χ4n) is 2.67. The first-order valence-electron chi connectivity index (χ1n) is 9.35. The number of nitrogens with zero attached hydrogens (tertiary/aromatic N) is 1. The highest BCUT2D eigenvalue weighted by Gasteiger charge is 2.23.